The van der Waals surface area contributed by atoms with Crippen LogP contribution in [0, 0.1) is 5.92 Å². The fourth-order valence-electron chi connectivity index (χ4n) is 9.74. The lowest BCUT2D eigenvalue weighted by molar-refractivity contribution is 0.350. The highest BCUT2D eigenvalue weighted by Crippen LogP contribution is 2.68. The van der Waals surface area contributed by atoms with Crippen molar-refractivity contribution in [3.05, 3.63) is 198 Å². The number of rotatable bonds is 4. The van der Waals surface area contributed by atoms with Crippen molar-refractivity contribution in [1.29, 1.82) is 0 Å². The van der Waals surface area contributed by atoms with E-state index in [4.69, 9.17) is 9.40 Å². The highest BCUT2D eigenvalue weighted by molar-refractivity contribution is 6.02. The zero-order valence-electron chi connectivity index (χ0n) is 28.7. The van der Waals surface area contributed by atoms with Crippen molar-refractivity contribution in [2.75, 3.05) is 0 Å². The third-order valence-corrected chi connectivity index (χ3v) is 11.9. The summed E-state index contributed by atoms with van der Waals surface area (Å²) in [6, 6.07) is 59.3. The molecule has 52 heavy (non-hydrogen) atoms. The van der Waals surface area contributed by atoms with Crippen LogP contribution in [0.5, 0.6) is 0 Å². The van der Waals surface area contributed by atoms with Crippen LogP contribution in [-0.4, -0.2) is 4.98 Å². The quantitative estimate of drug-likeness (QED) is 0.175. The Balaban J connectivity index is 1.10. The minimum atomic E-state index is -0.405. The summed E-state index contributed by atoms with van der Waals surface area (Å²) >= 11 is 0. The normalized spacial score (nSPS) is 19.4. The molecule has 0 aliphatic heterocycles. The number of para-hydroxylation sites is 1. The maximum absolute atomic E-state index is 7.06. The van der Waals surface area contributed by atoms with Gasteiger partial charge >= 0.3 is 0 Å². The van der Waals surface area contributed by atoms with E-state index in [1.165, 1.54) is 49.9 Å². The first kappa shape index (κ1) is 29.5. The molecule has 2 aromatic heterocycles. The average Bonchev–Trinajstić information content (AvgIpc) is 3.85. The van der Waals surface area contributed by atoms with E-state index in [1.807, 2.05) is 0 Å². The highest BCUT2D eigenvalue weighted by Gasteiger charge is 2.61. The maximum Gasteiger partial charge on any atom is 0.135 e. The van der Waals surface area contributed by atoms with Gasteiger partial charge in [0.05, 0.1) is 16.8 Å². The molecule has 2 heterocycles. The van der Waals surface area contributed by atoms with Gasteiger partial charge in [-0.25, -0.2) is 4.98 Å². The lowest BCUT2D eigenvalue weighted by Gasteiger charge is -2.36. The highest BCUT2D eigenvalue weighted by atomic mass is 16.3. The van der Waals surface area contributed by atoms with Crippen LogP contribution in [0.25, 0.3) is 66.9 Å². The smallest absolute Gasteiger partial charge is 0.135 e. The molecule has 3 aliphatic rings. The Morgan fingerprint density at radius 3 is 1.98 bits per heavy atom. The Labute approximate surface area is 303 Å². The summed E-state index contributed by atoms with van der Waals surface area (Å²) in [5.74, 6) is 1.82. The second kappa shape index (κ2) is 11.4. The molecule has 0 saturated heterocycles. The fraction of sp³-hybridized carbons (Fsp3) is 0.100. The van der Waals surface area contributed by atoms with Gasteiger partial charge in [0, 0.05) is 28.0 Å². The molecule has 0 fully saturated rings. The molecule has 0 N–H and O–H groups in total. The van der Waals surface area contributed by atoms with Crippen LogP contribution in [0.1, 0.15) is 41.2 Å². The van der Waals surface area contributed by atoms with Crippen LogP contribution >= 0.6 is 0 Å². The Morgan fingerprint density at radius 2 is 1.21 bits per heavy atom. The molecule has 0 bridgehead atoms. The van der Waals surface area contributed by atoms with Gasteiger partial charge in [-0.3, -0.25) is 0 Å². The van der Waals surface area contributed by atoms with Gasteiger partial charge in [-0.2, -0.15) is 0 Å². The number of hydrogen-bond acceptors (Lipinski definition) is 2. The van der Waals surface area contributed by atoms with Crippen molar-refractivity contribution in [3.63, 3.8) is 0 Å². The summed E-state index contributed by atoms with van der Waals surface area (Å²) in [7, 11) is 0. The molecular weight excluding hydrogens is 631 g/mol. The molecule has 8 aromatic rings. The first-order valence-electron chi connectivity index (χ1n) is 18.4. The monoisotopic (exact) mass is 665 g/mol. The topological polar surface area (TPSA) is 26.0 Å². The van der Waals surface area contributed by atoms with E-state index in [9.17, 15) is 0 Å². The maximum atomic E-state index is 7.06. The lowest BCUT2D eigenvalue weighted by atomic mass is 9.65. The van der Waals surface area contributed by atoms with Gasteiger partial charge in [0.1, 0.15) is 11.3 Å². The minimum absolute atomic E-state index is 0.282. The van der Waals surface area contributed by atoms with E-state index < -0.39 is 5.41 Å². The summed E-state index contributed by atoms with van der Waals surface area (Å²) < 4.78 is 7.06. The minimum Gasteiger partial charge on any atom is -0.459 e. The molecule has 11 rings (SSSR count). The van der Waals surface area contributed by atoms with E-state index in [0.717, 1.165) is 52.3 Å². The third kappa shape index (κ3) is 4.15. The predicted octanol–water partition coefficient (Wildman–Crippen LogP) is 12.9. The molecule has 3 aliphatic carbocycles. The molecule has 0 radical (unpaired) electrons. The molecule has 2 nitrogen and oxygen atoms in total. The fourth-order valence-corrected chi connectivity index (χ4v) is 9.74. The molecule has 6 aromatic carbocycles. The number of allylic oxidation sites excluding steroid dienone is 2. The average molecular weight is 666 g/mol. The number of nitrogens with zero attached hydrogens (tertiary/aromatic N) is 1. The van der Waals surface area contributed by atoms with Crippen LogP contribution in [0.3, 0.4) is 0 Å². The van der Waals surface area contributed by atoms with Crippen molar-refractivity contribution in [2.24, 2.45) is 5.92 Å². The Morgan fingerprint density at radius 1 is 0.558 bits per heavy atom. The molecule has 0 amide bonds. The van der Waals surface area contributed by atoms with Crippen molar-refractivity contribution in [3.8, 4) is 55.9 Å². The van der Waals surface area contributed by atoms with Gasteiger partial charge in [0.25, 0.3) is 0 Å². The SMILES string of the molecule is C1=CC2C(CC1)c1cccc(-c3ccc(-c4cc(-c5ccccc5)nc(-c5ccccc5)c4)cc3)c1C21c2ccccc2-c2c1oc1ccccc21. The number of furan rings is 1. The van der Waals surface area contributed by atoms with Crippen LogP contribution in [0.4, 0.5) is 0 Å². The van der Waals surface area contributed by atoms with E-state index in [0.29, 0.717) is 5.92 Å². The number of pyridine rings is 1. The first-order valence-corrected chi connectivity index (χ1v) is 18.4. The van der Waals surface area contributed by atoms with Crippen LogP contribution in [0.2, 0.25) is 0 Å². The Kier molecular flexibility index (Phi) is 6.45. The van der Waals surface area contributed by atoms with Crippen molar-refractivity contribution >= 4 is 11.0 Å². The Bertz CT molecular complexity index is 2630. The molecule has 3 atom stereocenters. The number of hydrogen-bond donors (Lipinski definition) is 0. The largest absolute Gasteiger partial charge is 0.459 e. The number of aromatic nitrogens is 1. The van der Waals surface area contributed by atoms with Crippen LogP contribution in [0.15, 0.2) is 180 Å². The number of fused-ring (bicyclic) bond motifs is 12. The second-order valence-electron chi connectivity index (χ2n) is 14.5. The standard InChI is InChI=1S/C50H35NO/c1-3-14-34(15-4-1)44-30-36(31-45(51-44)35-16-5-2-6-17-35)32-26-28-33(29-27-32)37-21-13-22-39-38-18-7-10-23-42(38)50(48(37)39)43-24-11-8-19-40(43)47-41-20-9-12-25-46(41)52-49(47)50/h1-6,8-17,19-31,38,42H,7,18H2. The summed E-state index contributed by atoms with van der Waals surface area (Å²) in [6.45, 7) is 0. The Hall–Kier alpha value is -6.25. The van der Waals surface area contributed by atoms with E-state index in [-0.39, 0.29) is 5.92 Å². The lowest BCUT2D eigenvalue weighted by Crippen LogP contribution is -2.33. The van der Waals surface area contributed by atoms with Crippen molar-refractivity contribution < 1.29 is 4.42 Å². The molecule has 246 valence electrons. The van der Waals surface area contributed by atoms with Gasteiger partial charge < -0.3 is 4.42 Å². The summed E-state index contributed by atoms with van der Waals surface area (Å²) in [6.07, 6.45) is 7.17. The zero-order chi connectivity index (χ0) is 34.2. The van der Waals surface area contributed by atoms with E-state index in [1.54, 1.807) is 0 Å². The molecule has 1 spiro atoms. The molecule has 2 heteroatoms. The van der Waals surface area contributed by atoms with Gasteiger partial charge in [-0.1, -0.05) is 158 Å². The van der Waals surface area contributed by atoms with E-state index >= 15 is 0 Å². The van der Waals surface area contributed by atoms with Gasteiger partial charge in [0.15, 0.2) is 0 Å². The zero-order valence-corrected chi connectivity index (χ0v) is 28.7. The number of benzene rings is 6. The first-order chi connectivity index (χ1) is 25.8. The second-order valence-corrected chi connectivity index (χ2v) is 14.5. The van der Waals surface area contributed by atoms with Gasteiger partial charge in [-0.05, 0) is 81.5 Å². The summed E-state index contributed by atoms with van der Waals surface area (Å²) in [5, 5.41) is 1.20. The van der Waals surface area contributed by atoms with Crippen molar-refractivity contribution in [1.82, 2.24) is 4.98 Å². The van der Waals surface area contributed by atoms with Gasteiger partial charge in [0.2, 0.25) is 0 Å². The van der Waals surface area contributed by atoms with Crippen molar-refractivity contribution in [2.45, 2.75) is 24.2 Å². The predicted molar refractivity (Wildman–Crippen MR) is 212 cm³/mol. The summed E-state index contributed by atoms with van der Waals surface area (Å²) in [4.78, 5) is 5.12. The molecular formula is C50H35NO. The summed E-state index contributed by atoms with van der Waals surface area (Å²) in [5.41, 5.74) is 16.4. The van der Waals surface area contributed by atoms with Crippen LogP contribution in [-0.2, 0) is 5.41 Å². The third-order valence-electron chi connectivity index (χ3n) is 11.9. The molecule has 3 unspecified atom stereocenters. The molecule has 0 saturated carbocycles. The van der Waals surface area contributed by atoms with Crippen LogP contribution < -0.4 is 0 Å². The van der Waals surface area contributed by atoms with E-state index in [2.05, 4.69) is 176 Å². The van der Waals surface area contributed by atoms with Gasteiger partial charge in [-0.15, -0.1) is 0 Å².